The molecule has 0 aliphatic rings. The number of rotatable bonds is 24. The number of ketones is 1. The lowest BCUT2D eigenvalue weighted by Gasteiger charge is -2.20. The van der Waals surface area contributed by atoms with Crippen LogP contribution in [0.2, 0.25) is 0 Å². The van der Waals surface area contributed by atoms with Crippen molar-refractivity contribution in [1.82, 2.24) is 10.3 Å². The molecule has 3 aromatic carbocycles. The lowest BCUT2D eigenvalue weighted by molar-refractivity contribution is -0.383. The van der Waals surface area contributed by atoms with Crippen LogP contribution in [0, 0.1) is 10.1 Å². The molecule has 16 heteroatoms. The van der Waals surface area contributed by atoms with Gasteiger partial charge in [-0.05, 0) is 110 Å². The molecule has 2 aromatic heterocycles. The van der Waals surface area contributed by atoms with E-state index in [0.717, 1.165) is 49.2 Å². The Morgan fingerprint density at radius 2 is 1.67 bits per heavy atom. The number of anilines is 2. The highest BCUT2D eigenvalue weighted by atomic mass is 16.6. The summed E-state index contributed by atoms with van der Waals surface area (Å²) in [5, 5.41) is 31.7. The SMILES string of the molecule is CCN(CC)c1ccc2cc(C(=O)CCCOCCOC(=O)C(/C=C/c3ccc(NC(=O)CCCCCCc4ccc([N+](=O)[O-])c5nonc45)cc3)=C/CO)c(=O)oc2c1. The van der Waals surface area contributed by atoms with Crippen LogP contribution in [-0.2, 0) is 25.5 Å². The normalized spacial score (nSPS) is 11.7. The van der Waals surface area contributed by atoms with Gasteiger partial charge in [0.2, 0.25) is 11.4 Å². The first-order valence-corrected chi connectivity index (χ1v) is 20.0. The van der Waals surface area contributed by atoms with E-state index in [1.54, 1.807) is 48.5 Å². The first kappa shape index (κ1) is 44.6. The Balaban J connectivity index is 0.957. The number of aromatic nitrogens is 2. The Hall–Kier alpha value is -6.52. The fourth-order valence-corrected chi connectivity index (χ4v) is 6.54. The fourth-order valence-electron chi connectivity index (χ4n) is 6.54. The molecular formula is C44H49N5O11. The van der Waals surface area contributed by atoms with Crippen LogP contribution in [0.3, 0.4) is 0 Å². The van der Waals surface area contributed by atoms with Crippen LogP contribution in [0.5, 0.6) is 0 Å². The van der Waals surface area contributed by atoms with E-state index in [1.165, 1.54) is 18.2 Å². The quantitative estimate of drug-likeness (QED) is 0.00908. The molecule has 0 spiro atoms. The number of non-ortho nitro benzene ring substituents is 1. The van der Waals surface area contributed by atoms with E-state index < -0.39 is 16.5 Å². The van der Waals surface area contributed by atoms with Gasteiger partial charge in [0.05, 0.1) is 23.7 Å². The number of nitrogens with one attached hydrogen (secondary N) is 1. The third-order valence-corrected chi connectivity index (χ3v) is 9.77. The van der Waals surface area contributed by atoms with Gasteiger partial charge in [0.25, 0.3) is 0 Å². The van der Waals surface area contributed by atoms with Gasteiger partial charge in [-0.15, -0.1) is 0 Å². The molecule has 316 valence electrons. The second kappa shape index (κ2) is 22.6. The number of fused-ring (bicyclic) bond motifs is 2. The zero-order valence-corrected chi connectivity index (χ0v) is 33.7. The number of aliphatic hydroxyl groups is 1. The maximum Gasteiger partial charge on any atom is 0.347 e. The van der Waals surface area contributed by atoms with Crippen LogP contribution >= 0.6 is 0 Å². The number of hydrogen-bond acceptors (Lipinski definition) is 14. The number of unbranched alkanes of at least 4 members (excludes halogenated alkanes) is 3. The minimum Gasteiger partial charge on any atom is -0.460 e. The van der Waals surface area contributed by atoms with Gasteiger partial charge in [-0.3, -0.25) is 19.7 Å². The van der Waals surface area contributed by atoms with Crippen molar-refractivity contribution in [2.45, 2.75) is 65.2 Å². The van der Waals surface area contributed by atoms with Crippen molar-refractivity contribution in [3.8, 4) is 0 Å². The van der Waals surface area contributed by atoms with Crippen molar-refractivity contribution in [3.05, 3.63) is 116 Å². The summed E-state index contributed by atoms with van der Waals surface area (Å²) in [5.41, 5.74) is 3.44. The van der Waals surface area contributed by atoms with Gasteiger partial charge in [0.1, 0.15) is 23.3 Å². The number of aryl methyl sites for hydroxylation is 1. The van der Waals surface area contributed by atoms with E-state index in [1.807, 2.05) is 26.0 Å². The van der Waals surface area contributed by atoms with Gasteiger partial charge in [0.15, 0.2) is 5.78 Å². The molecule has 0 fully saturated rings. The second-order valence-corrected chi connectivity index (χ2v) is 13.8. The van der Waals surface area contributed by atoms with Crippen molar-refractivity contribution in [1.29, 1.82) is 0 Å². The molecule has 0 saturated heterocycles. The van der Waals surface area contributed by atoms with Gasteiger partial charge in [-0.1, -0.05) is 31.1 Å². The molecule has 5 rings (SSSR count). The Morgan fingerprint density at radius 3 is 2.42 bits per heavy atom. The molecule has 1 amide bonds. The molecule has 0 atom stereocenters. The van der Waals surface area contributed by atoms with Gasteiger partial charge in [-0.25, -0.2) is 14.2 Å². The molecule has 60 heavy (non-hydrogen) atoms. The van der Waals surface area contributed by atoms with E-state index in [0.29, 0.717) is 47.9 Å². The molecule has 0 unspecified atom stereocenters. The molecule has 0 aliphatic heterocycles. The minimum absolute atomic E-state index is 0.00392. The molecule has 0 radical (unpaired) electrons. The Labute approximate surface area is 345 Å². The Morgan fingerprint density at radius 1 is 0.900 bits per heavy atom. The lowest BCUT2D eigenvalue weighted by atomic mass is 10.0. The largest absolute Gasteiger partial charge is 0.460 e. The van der Waals surface area contributed by atoms with Gasteiger partial charge >= 0.3 is 17.3 Å². The molecule has 2 heterocycles. The summed E-state index contributed by atoms with van der Waals surface area (Å²) in [6.45, 7) is 5.60. The highest BCUT2D eigenvalue weighted by Crippen LogP contribution is 2.27. The summed E-state index contributed by atoms with van der Waals surface area (Å²) in [4.78, 5) is 63.4. The van der Waals surface area contributed by atoms with E-state index in [9.17, 15) is 34.4 Å². The van der Waals surface area contributed by atoms with Gasteiger partial charge < -0.3 is 29.2 Å². The third kappa shape index (κ3) is 12.5. The van der Waals surface area contributed by atoms with Crippen LogP contribution in [-0.4, -0.2) is 77.5 Å². The number of nitro groups is 1. The summed E-state index contributed by atoms with van der Waals surface area (Å²) in [6.07, 6.45) is 9.20. The molecule has 2 N–H and O–H groups in total. The topological polar surface area (TPSA) is 217 Å². The average molecular weight is 824 g/mol. The number of nitro benzene ring substituents is 1. The maximum atomic E-state index is 12.8. The van der Waals surface area contributed by atoms with Crippen LogP contribution < -0.4 is 15.8 Å². The number of hydrogen-bond donors (Lipinski definition) is 2. The van der Waals surface area contributed by atoms with Crippen molar-refractivity contribution in [2.24, 2.45) is 0 Å². The number of carbonyl (C=O) groups excluding carboxylic acids is 3. The Bertz CT molecular complexity index is 2380. The average Bonchev–Trinajstić information content (AvgIpc) is 3.74. The number of ether oxygens (including phenoxy) is 2. The molecule has 16 nitrogen and oxygen atoms in total. The first-order chi connectivity index (χ1) is 29.1. The Kier molecular flexibility index (Phi) is 16.8. The third-order valence-electron chi connectivity index (χ3n) is 9.77. The van der Waals surface area contributed by atoms with Crippen molar-refractivity contribution in [2.75, 3.05) is 49.7 Å². The number of carbonyl (C=O) groups is 3. The van der Waals surface area contributed by atoms with Crippen LogP contribution in [0.25, 0.3) is 28.1 Å². The molecule has 0 bridgehead atoms. The standard InChI is InChI=1S/C44H49N5O11/c1-3-48(4-2)35-21-17-33-28-36(44(54)59-39(33)29-35)38(51)11-9-25-57-26-27-58-43(53)32(23-24-50)16-13-30-14-19-34(20-15-30)45-40(52)12-8-6-5-7-10-31-18-22-37(49(55)56)42-41(31)46-60-47-42/h13-23,28-29,50H,3-12,24-27H2,1-2H3,(H,45,52)/b16-13+,32-23+. The van der Waals surface area contributed by atoms with Crippen molar-refractivity contribution >= 4 is 62.8 Å². The molecule has 0 aliphatic carbocycles. The summed E-state index contributed by atoms with van der Waals surface area (Å²) in [7, 11) is 0. The van der Waals surface area contributed by atoms with Crippen molar-refractivity contribution in [3.63, 3.8) is 0 Å². The smallest absolute Gasteiger partial charge is 0.347 e. The van der Waals surface area contributed by atoms with E-state index in [4.69, 9.17) is 18.5 Å². The number of benzene rings is 3. The number of aliphatic hydroxyl groups excluding tert-OH is 1. The number of amides is 1. The van der Waals surface area contributed by atoms with Crippen LogP contribution in [0.4, 0.5) is 17.1 Å². The van der Waals surface area contributed by atoms with Crippen molar-refractivity contribution < 1.29 is 42.9 Å². The first-order valence-electron chi connectivity index (χ1n) is 20.0. The summed E-state index contributed by atoms with van der Waals surface area (Å²) < 4.78 is 21.0. The lowest BCUT2D eigenvalue weighted by Crippen LogP contribution is -2.21. The highest BCUT2D eigenvalue weighted by Gasteiger charge is 2.19. The fraction of sp³-hybridized carbons (Fsp3) is 0.364. The minimum atomic E-state index is -0.676. The molecule has 0 saturated carbocycles. The van der Waals surface area contributed by atoms with Gasteiger partial charge in [-0.2, -0.15) is 0 Å². The van der Waals surface area contributed by atoms with E-state index >= 15 is 0 Å². The second-order valence-electron chi connectivity index (χ2n) is 13.8. The van der Waals surface area contributed by atoms with E-state index in [2.05, 4.69) is 20.5 Å². The summed E-state index contributed by atoms with van der Waals surface area (Å²) >= 11 is 0. The number of esters is 1. The number of nitrogens with zero attached hydrogens (tertiary/aromatic N) is 4. The maximum absolute atomic E-state index is 12.8. The predicted molar refractivity (Wildman–Crippen MR) is 226 cm³/mol. The monoisotopic (exact) mass is 823 g/mol. The van der Waals surface area contributed by atoms with Gasteiger partial charge in [0, 0.05) is 61.4 Å². The summed E-state index contributed by atoms with van der Waals surface area (Å²) in [5.74, 6) is -1.10. The zero-order valence-electron chi connectivity index (χ0n) is 33.7. The number of Topliss-reactive ketones (excluding diaryl/α,β-unsaturated/α-hetero) is 1. The highest BCUT2D eigenvalue weighted by molar-refractivity contribution is 5.98. The summed E-state index contributed by atoms with van der Waals surface area (Å²) in [6, 6.07) is 17.3. The van der Waals surface area contributed by atoms with E-state index in [-0.39, 0.29) is 66.9 Å². The molecular weight excluding hydrogens is 775 g/mol. The zero-order chi connectivity index (χ0) is 42.9. The predicted octanol–water partition coefficient (Wildman–Crippen LogP) is 7.37. The van der Waals surface area contributed by atoms with Crippen LogP contribution in [0.1, 0.15) is 80.3 Å². The molecule has 5 aromatic rings. The van der Waals surface area contributed by atoms with Crippen LogP contribution in [0.15, 0.2) is 92.2 Å².